The highest BCUT2D eigenvalue weighted by Crippen LogP contribution is 2.61. The van der Waals surface area contributed by atoms with E-state index in [0.29, 0.717) is 27.4 Å². The first-order valence-corrected chi connectivity index (χ1v) is 13.1. The van der Waals surface area contributed by atoms with Gasteiger partial charge < -0.3 is 4.90 Å². The molecule has 190 valence electrons. The number of hydrogen-bond donors (Lipinski definition) is 0. The Bertz CT molecular complexity index is 1700. The maximum atomic E-state index is 15.7. The molecule has 3 aliphatic rings. The number of anilines is 1. The Kier molecular flexibility index (Phi) is 5.23. The molecule has 0 bridgehead atoms. The van der Waals surface area contributed by atoms with Gasteiger partial charge in [-0.05, 0) is 35.4 Å². The van der Waals surface area contributed by atoms with Crippen molar-refractivity contribution in [1.29, 1.82) is 0 Å². The van der Waals surface area contributed by atoms with E-state index in [9.17, 15) is 14.4 Å². The summed E-state index contributed by atoms with van der Waals surface area (Å²) in [4.78, 5) is 45.3. The number of hydrogen-bond acceptors (Lipinski definition) is 4. The van der Waals surface area contributed by atoms with E-state index < -0.39 is 40.8 Å². The first-order valence-electron chi connectivity index (χ1n) is 12.7. The zero-order valence-corrected chi connectivity index (χ0v) is 21.3. The van der Waals surface area contributed by atoms with E-state index in [2.05, 4.69) is 0 Å². The van der Waals surface area contributed by atoms with E-state index in [1.165, 1.54) is 6.07 Å². The Labute approximate surface area is 229 Å². The van der Waals surface area contributed by atoms with Crippen LogP contribution in [0.5, 0.6) is 0 Å². The van der Waals surface area contributed by atoms with Crippen LogP contribution in [0.4, 0.5) is 10.1 Å². The average molecular weight is 534 g/mol. The molecule has 0 unspecified atom stereocenters. The molecule has 39 heavy (non-hydrogen) atoms. The van der Waals surface area contributed by atoms with Crippen molar-refractivity contribution in [3.8, 4) is 0 Å². The first-order chi connectivity index (χ1) is 18.9. The molecule has 0 radical (unpaired) electrons. The number of fused-ring (bicyclic) bond motifs is 5. The molecule has 3 atom stereocenters. The van der Waals surface area contributed by atoms with Gasteiger partial charge in [0, 0.05) is 33.3 Å². The molecule has 0 N–H and O–H groups in total. The molecule has 0 amide bonds. The fourth-order valence-electron chi connectivity index (χ4n) is 6.79. The third-order valence-corrected chi connectivity index (χ3v) is 8.57. The van der Waals surface area contributed by atoms with Crippen LogP contribution in [0.3, 0.4) is 0 Å². The summed E-state index contributed by atoms with van der Waals surface area (Å²) in [5.74, 6) is -2.73. The fourth-order valence-corrected chi connectivity index (χ4v) is 6.97. The Morgan fingerprint density at radius 1 is 0.821 bits per heavy atom. The van der Waals surface area contributed by atoms with Crippen LogP contribution in [-0.2, 0) is 0 Å². The highest BCUT2D eigenvalue weighted by Gasteiger charge is 2.71. The summed E-state index contributed by atoms with van der Waals surface area (Å²) in [5.41, 5.74) is 0.855. The number of ketones is 3. The number of carbonyl (C=O) groups is 3. The van der Waals surface area contributed by atoms with E-state index in [1.54, 1.807) is 91.0 Å². The molecule has 2 aliphatic heterocycles. The molecule has 0 saturated carbocycles. The Morgan fingerprint density at radius 2 is 1.46 bits per heavy atom. The van der Waals surface area contributed by atoms with Gasteiger partial charge in [-0.15, -0.1) is 0 Å². The van der Waals surface area contributed by atoms with Gasteiger partial charge in [-0.2, -0.15) is 0 Å². The van der Waals surface area contributed by atoms with Gasteiger partial charge in [0.15, 0.2) is 17.3 Å². The predicted molar refractivity (Wildman–Crippen MR) is 148 cm³/mol. The Morgan fingerprint density at radius 3 is 2.15 bits per heavy atom. The zero-order chi connectivity index (χ0) is 26.9. The molecule has 0 aromatic heterocycles. The second kappa shape index (κ2) is 8.58. The highest BCUT2D eigenvalue weighted by atomic mass is 35.5. The molecule has 1 fully saturated rings. The van der Waals surface area contributed by atoms with Crippen LogP contribution in [0.15, 0.2) is 103 Å². The third kappa shape index (κ3) is 3.14. The van der Waals surface area contributed by atoms with Gasteiger partial charge in [0.25, 0.3) is 0 Å². The maximum absolute atomic E-state index is 15.7. The van der Waals surface area contributed by atoms with Gasteiger partial charge in [0.2, 0.25) is 0 Å². The van der Waals surface area contributed by atoms with Crippen molar-refractivity contribution in [2.75, 3.05) is 4.90 Å². The summed E-state index contributed by atoms with van der Waals surface area (Å²) < 4.78 is 15.7. The summed E-state index contributed by atoms with van der Waals surface area (Å²) in [7, 11) is 0. The largest absolute Gasteiger partial charge is 0.352 e. The number of carbonyl (C=O) groups excluding carboxylic acids is 3. The number of rotatable bonds is 3. The third-order valence-electron chi connectivity index (χ3n) is 8.33. The average Bonchev–Trinajstić information content (AvgIpc) is 3.39. The lowest BCUT2D eigenvalue weighted by Gasteiger charge is -2.37. The maximum Gasteiger partial charge on any atom is 0.185 e. The quantitative estimate of drug-likeness (QED) is 0.215. The fraction of sp³-hybridized carbons (Fsp3) is 0.121. The van der Waals surface area contributed by atoms with Gasteiger partial charge in [-0.25, -0.2) is 4.39 Å². The smallest absolute Gasteiger partial charge is 0.185 e. The van der Waals surface area contributed by atoms with Crippen LogP contribution in [0.25, 0.3) is 6.08 Å². The second-order valence-electron chi connectivity index (χ2n) is 10.2. The van der Waals surface area contributed by atoms with E-state index in [1.807, 2.05) is 17.0 Å². The normalized spacial score (nSPS) is 22.1. The van der Waals surface area contributed by atoms with Crippen molar-refractivity contribution in [2.24, 2.45) is 5.41 Å². The molecule has 7 rings (SSSR count). The van der Waals surface area contributed by atoms with E-state index in [4.69, 9.17) is 11.6 Å². The lowest BCUT2D eigenvalue weighted by atomic mass is 9.64. The van der Waals surface area contributed by atoms with Crippen LogP contribution < -0.4 is 4.90 Å². The van der Waals surface area contributed by atoms with Gasteiger partial charge in [0.05, 0.1) is 6.04 Å². The SMILES string of the molecule is O=C(c1ccccc1)[C@H]1[C@H](c2ccccc2F)C2(C(=O)c3ccccc3C2=O)[C@@H]2C=Cc3cc(Cl)ccc3N21. The number of Topliss-reactive ketones (excluding diaryl/α,β-unsaturated/α-hetero) is 3. The highest BCUT2D eigenvalue weighted by molar-refractivity contribution is 6.32. The van der Waals surface area contributed by atoms with Crippen molar-refractivity contribution in [2.45, 2.75) is 18.0 Å². The molecule has 1 aliphatic carbocycles. The van der Waals surface area contributed by atoms with Gasteiger partial charge in [0.1, 0.15) is 17.3 Å². The van der Waals surface area contributed by atoms with Crippen LogP contribution in [0.1, 0.15) is 48.1 Å². The molecule has 4 aromatic rings. The van der Waals surface area contributed by atoms with Gasteiger partial charge >= 0.3 is 0 Å². The molecule has 2 heterocycles. The van der Waals surface area contributed by atoms with Gasteiger partial charge in [-0.3, -0.25) is 14.4 Å². The van der Waals surface area contributed by atoms with Crippen molar-refractivity contribution in [3.05, 3.63) is 142 Å². The number of nitrogens with zero attached hydrogens (tertiary/aromatic N) is 1. The molecule has 4 nitrogen and oxygen atoms in total. The topological polar surface area (TPSA) is 54.5 Å². The minimum Gasteiger partial charge on any atom is -0.352 e. The van der Waals surface area contributed by atoms with Crippen molar-refractivity contribution < 1.29 is 18.8 Å². The molecule has 1 saturated heterocycles. The monoisotopic (exact) mass is 533 g/mol. The van der Waals surface area contributed by atoms with Crippen LogP contribution in [0.2, 0.25) is 5.02 Å². The summed E-state index contributed by atoms with van der Waals surface area (Å²) in [6.07, 6.45) is 3.63. The first kappa shape index (κ1) is 23.7. The second-order valence-corrected chi connectivity index (χ2v) is 10.6. The predicted octanol–water partition coefficient (Wildman–Crippen LogP) is 6.80. The van der Waals surface area contributed by atoms with E-state index in [0.717, 1.165) is 5.56 Å². The minimum absolute atomic E-state index is 0.166. The lowest BCUT2D eigenvalue weighted by molar-refractivity contribution is 0.0664. The van der Waals surface area contributed by atoms with E-state index >= 15 is 4.39 Å². The Hall–Kier alpha value is -4.35. The van der Waals surface area contributed by atoms with Crippen LogP contribution >= 0.6 is 11.6 Å². The van der Waals surface area contributed by atoms with Crippen LogP contribution in [0, 0.1) is 11.2 Å². The molecule has 6 heteroatoms. The summed E-state index contributed by atoms with van der Waals surface area (Å²) in [5, 5.41) is 0.516. The molecular weight excluding hydrogens is 513 g/mol. The molecule has 1 spiro atoms. The Balaban J connectivity index is 1.57. The standard InChI is InChI=1S/C33H21ClFNO3/c34-21-15-16-26-20(18-21)14-17-27-33(31(38)22-10-4-5-11-23(22)32(33)39)28(24-12-6-7-13-25(24)35)29(36(26)27)30(37)19-8-2-1-3-9-19/h1-18,27-29H/t27-,28-,29+/m0/s1. The van der Waals surface area contributed by atoms with Crippen LogP contribution in [-0.4, -0.2) is 29.4 Å². The van der Waals surface area contributed by atoms with Gasteiger partial charge in [-0.1, -0.05) is 96.5 Å². The number of halogens is 2. The minimum atomic E-state index is -1.74. The molecule has 4 aromatic carbocycles. The summed E-state index contributed by atoms with van der Waals surface area (Å²) in [6, 6.07) is 25.0. The van der Waals surface area contributed by atoms with E-state index in [-0.39, 0.29) is 11.3 Å². The molecular formula is C33H21ClFNO3. The van der Waals surface area contributed by atoms with Crippen molar-refractivity contribution in [1.82, 2.24) is 0 Å². The lowest BCUT2D eigenvalue weighted by Crippen LogP contribution is -2.48. The van der Waals surface area contributed by atoms with Crippen molar-refractivity contribution in [3.63, 3.8) is 0 Å². The summed E-state index contributed by atoms with van der Waals surface area (Å²) in [6.45, 7) is 0. The van der Waals surface area contributed by atoms with Crippen molar-refractivity contribution >= 4 is 40.7 Å². The zero-order valence-electron chi connectivity index (χ0n) is 20.6. The summed E-state index contributed by atoms with van der Waals surface area (Å²) >= 11 is 6.31. The number of benzene rings is 4.